The number of rotatable bonds is 1. The Bertz CT molecular complexity index is 72.2. The first-order valence-electron chi connectivity index (χ1n) is 2.45. The second-order valence-corrected chi connectivity index (χ2v) is 3.02. The summed E-state index contributed by atoms with van der Waals surface area (Å²) in [6.07, 6.45) is 2.11. The summed E-state index contributed by atoms with van der Waals surface area (Å²) in [5.74, 6) is 0. The normalized spacial score (nSPS) is 16.9. The summed E-state index contributed by atoms with van der Waals surface area (Å²) in [7, 11) is 0. The van der Waals surface area contributed by atoms with Crippen LogP contribution in [0.2, 0.25) is 0 Å². The summed E-state index contributed by atoms with van der Waals surface area (Å²) in [6.45, 7) is 6.28. The fourth-order valence-electron chi connectivity index (χ4n) is 0.230. The second kappa shape index (κ2) is 3.25. The van der Waals surface area contributed by atoms with Crippen molar-refractivity contribution in [3.8, 4) is 0 Å². The fraction of sp³-hybridized carbons (Fsp3) is 0.667. The molecule has 0 rings (SSSR count). The van der Waals surface area contributed by atoms with Crippen molar-refractivity contribution in [2.45, 2.75) is 25.6 Å². The van der Waals surface area contributed by atoms with Gasteiger partial charge in [-0.25, -0.2) is 0 Å². The molecule has 0 heterocycles. The van der Waals surface area contributed by atoms with Crippen LogP contribution < -0.4 is 0 Å². The first-order chi connectivity index (χ1) is 3.18. The molecule has 1 unspecified atom stereocenters. The Morgan fingerprint density at radius 3 is 2.14 bits per heavy atom. The molecule has 7 heavy (non-hydrogen) atoms. The van der Waals surface area contributed by atoms with E-state index in [1.54, 1.807) is 0 Å². The van der Waals surface area contributed by atoms with Gasteiger partial charge in [0.1, 0.15) is 0 Å². The van der Waals surface area contributed by atoms with Crippen molar-refractivity contribution in [2.24, 2.45) is 0 Å². The van der Waals surface area contributed by atoms with Crippen molar-refractivity contribution in [3.05, 3.63) is 11.6 Å². The minimum absolute atomic E-state index is 0.539. The van der Waals surface area contributed by atoms with Gasteiger partial charge in [-0.1, -0.05) is 27.6 Å². The number of hydrogen-bond donors (Lipinski definition) is 0. The van der Waals surface area contributed by atoms with Gasteiger partial charge in [0.2, 0.25) is 0 Å². The van der Waals surface area contributed by atoms with Crippen molar-refractivity contribution < 1.29 is 0 Å². The van der Waals surface area contributed by atoms with E-state index in [1.165, 1.54) is 5.57 Å². The molecule has 0 aliphatic rings. The molecule has 0 aromatic rings. The molecule has 0 saturated carbocycles. The molecule has 0 spiro atoms. The fourth-order valence-corrected chi connectivity index (χ4v) is 0.494. The van der Waals surface area contributed by atoms with Gasteiger partial charge in [-0.05, 0) is 20.8 Å². The summed E-state index contributed by atoms with van der Waals surface area (Å²) >= 11 is 3.43. The van der Waals surface area contributed by atoms with Crippen molar-refractivity contribution in [2.75, 3.05) is 0 Å². The van der Waals surface area contributed by atoms with Gasteiger partial charge in [0.05, 0.1) is 0 Å². The highest BCUT2D eigenvalue weighted by Gasteiger charge is 1.92. The van der Waals surface area contributed by atoms with Crippen LogP contribution in [-0.4, -0.2) is 4.83 Å². The van der Waals surface area contributed by atoms with Crippen LogP contribution in [0.25, 0.3) is 0 Å². The third-order valence-corrected chi connectivity index (χ3v) is 1.80. The Labute approximate surface area is 53.7 Å². The zero-order chi connectivity index (χ0) is 5.86. The van der Waals surface area contributed by atoms with E-state index >= 15 is 0 Å². The maximum atomic E-state index is 3.43. The molecule has 0 N–H and O–H groups in total. The van der Waals surface area contributed by atoms with E-state index in [-0.39, 0.29) is 0 Å². The van der Waals surface area contributed by atoms with Crippen LogP contribution in [0.15, 0.2) is 11.6 Å². The van der Waals surface area contributed by atoms with Crippen LogP contribution in [-0.2, 0) is 0 Å². The molecule has 0 fully saturated rings. The van der Waals surface area contributed by atoms with Gasteiger partial charge in [-0.3, -0.25) is 0 Å². The molecule has 0 aliphatic heterocycles. The van der Waals surface area contributed by atoms with Crippen LogP contribution in [0, 0.1) is 0 Å². The highest BCUT2D eigenvalue weighted by atomic mass is 79.9. The van der Waals surface area contributed by atoms with Gasteiger partial charge >= 0.3 is 0 Å². The number of hydrogen-bond acceptors (Lipinski definition) is 0. The quantitative estimate of drug-likeness (QED) is 0.411. The molecule has 0 saturated heterocycles. The molecule has 1 heteroatoms. The summed E-state index contributed by atoms with van der Waals surface area (Å²) in [6, 6.07) is 0. The average molecular weight is 163 g/mol. The lowest BCUT2D eigenvalue weighted by Gasteiger charge is -1.98. The van der Waals surface area contributed by atoms with Gasteiger partial charge in [0, 0.05) is 4.83 Å². The third-order valence-electron chi connectivity index (χ3n) is 1.08. The molecule has 0 aromatic carbocycles. The summed E-state index contributed by atoms with van der Waals surface area (Å²) < 4.78 is 0. The zero-order valence-electron chi connectivity index (χ0n) is 5.03. The van der Waals surface area contributed by atoms with Crippen LogP contribution in [0.5, 0.6) is 0 Å². The van der Waals surface area contributed by atoms with Crippen molar-refractivity contribution in [1.82, 2.24) is 0 Å². The van der Waals surface area contributed by atoms with E-state index in [2.05, 4.69) is 35.9 Å². The van der Waals surface area contributed by atoms with Crippen molar-refractivity contribution >= 4 is 15.9 Å². The Balaban J connectivity index is 3.56. The van der Waals surface area contributed by atoms with Gasteiger partial charge in [-0.2, -0.15) is 0 Å². The Morgan fingerprint density at radius 1 is 1.71 bits per heavy atom. The van der Waals surface area contributed by atoms with Gasteiger partial charge in [-0.15, -0.1) is 0 Å². The molecule has 0 bridgehead atoms. The van der Waals surface area contributed by atoms with Crippen LogP contribution in [0.4, 0.5) is 0 Å². The van der Waals surface area contributed by atoms with E-state index in [1.807, 2.05) is 6.92 Å². The lowest BCUT2D eigenvalue weighted by atomic mass is 10.2. The van der Waals surface area contributed by atoms with Gasteiger partial charge in [0.25, 0.3) is 0 Å². The van der Waals surface area contributed by atoms with Gasteiger partial charge in [0.15, 0.2) is 0 Å². The predicted octanol–water partition coefficient (Wildman–Crippen LogP) is 2.74. The van der Waals surface area contributed by atoms with E-state index in [9.17, 15) is 0 Å². The molecule has 0 amide bonds. The van der Waals surface area contributed by atoms with Crippen molar-refractivity contribution in [1.29, 1.82) is 0 Å². The van der Waals surface area contributed by atoms with Crippen molar-refractivity contribution in [3.63, 3.8) is 0 Å². The van der Waals surface area contributed by atoms with E-state index < -0.39 is 0 Å². The molecule has 0 aromatic heterocycles. The molecule has 0 aliphatic carbocycles. The largest absolute Gasteiger partial charge is 0.0876 e. The first kappa shape index (κ1) is 7.22. The summed E-state index contributed by atoms with van der Waals surface area (Å²) in [5, 5.41) is 0. The summed E-state index contributed by atoms with van der Waals surface area (Å²) in [5.41, 5.74) is 1.39. The maximum absolute atomic E-state index is 3.43. The van der Waals surface area contributed by atoms with Crippen LogP contribution in [0.3, 0.4) is 0 Å². The lowest BCUT2D eigenvalue weighted by molar-refractivity contribution is 1.13. The first-order valence-corrected chi connectivity index (χ1v) is 3.37. The molecule has 0 nitrogen and oxygen atoms in total. The van der Waals surface area contributed by atoms with E-state index in [0.717, 1.165) is 0 Å². The third kappa shape index (κ3) is 2.86. The molecule has 42 valence electrons. The SMILES string of the molecule is C/C=C(/C)C(C)Br. The number of allylic oxidation sites excluding steroid dienone is 2. The summed E-state index contributed by atoms with van der Waals surface area (Å²) in [4.78, 5) is 0.539. The van der Waals surface area contributed by atoms with Gasteiger partial charge < -0.3 is 0 Å². The Morgan fingerprint density at radius 2 is 2.14 bits per heavy atom. The topological polar surface area (TPSA) is 0 Å². The predicted molar refractivity (Wildman–Crippen MR) is 37.8 cm³/mol. The number of alkyl halides is 1. The second-order valence-electron chi connectivity index (χ2n) is 1.65. The lowest BCUT2D eigenvalue weighted by Crippen LogP contribution is -1.88. The smallest absolute Gasteiger partial charge is 0.0323 e. The van der Waals surface area contributed by atoms with E-state index in [0.29, 0.717) is 4.83 Å². The Hall–Kier alpha value is 0.220. The highest BCUT2D eigenvalue weighted by Crippen LogP contribution is 2.08. The molecular weight excluding hydrogens is 152 g/mol. The minimum Gasteiger partial charge on any atom is -0.0876 e. The molecule has 1 atom stereocenters. The molecule has 0 radical (unpaired) electrons. The highest BCUT2D eigenvalue weighted by molar-refractivity contribution is 9.09. The van der Waals surface area contributed by atoms with E-state index in [4.69, 9.17) is 0 Å². The zero-order valence-corrected chi connectivity index (χ0v) is 6.62. The maximum Gasteiger partial charge on any atom is 0.0323 e. The van der Waals surface area contributed by atoms with Crippen LogP contribution in [0.1, 0.15) is 20.8 Å². The minimum atomic E-state index is 0.539. The van der Waals surface area contributed by atoms with Crippen LogP contribution >= 0.6 is 15.9 Å². The monoisotopic (exact) mass is 162 g/mol. The number of halogens is 1. The molecular formula is C6H11Br. The average Bonchev–Trinajstić information content (AvgIpc) is 1.65. The standard InChI is InChI=1S/C6H11Br/c1-4-5(2)6(3)7/h4,6H,1-3H3/b5-4-. The Kier molecular flexibility index (Phi) is 3.35.